The van der Waals surface area contributed by atoms with Crippen LogP contribution in [0.5, 0.6) is 5.75 Å². The number of amides is 1. The van der Waals surface area contributed by atoms with Crippen molar-refractivity contribution in [1.82, 2.24) is 15.3 Å². The quantitative estimate of drug-likeness (QED) is 0.398. The molecule has 1 amide bonds. The number of fused-ring (bicyclic) bond motifs is 1. The van der Waals surface area contributed by atoms with Crippen LogP contribution in [0.2, 0.25) is 10.0 Å². The van der Waals surface area contributed by atoms with E-state index in [1.807, 2.05) is 31.2 Å². The van der Waals surface area contributed by atoms with Gasteiger partial charge in [0.25, 0.3) is 5.91 Å². The molecule has 1 saturated heterocycles. The Hall–Kier alpha value is -2.15. The first-order valence-electron chi connectivity index (χ1n) is 11.3. The summed E-state index contributed by atoms with van der Waals surface area (Å²) in [6.45, 7) is 5.64. The summed E-state index contributed by atoms with van der Waals surface area (Å²) in [6.07, 6.45) is 0.393. The molecule has 0 bridgehead atoms. The molecular formula is C24H23Cl2LiN4O4S. The van der Waals surface area contributed by atoms with E-state index in [1.165, 1.54) is 0 Å². The van der Waals surface area contributed by atoms with E-state index in [1.54, 1.807) is 6.92 Å². The van der Waals surface area contributed by atoms with Crippen LogP contribution in [0.4, 0.5) is 5.13 Å². The molecule has 2 fully saturated rings. The minimum Gasteiger partial charge on any atom is -0.544 e. The van der Waals surface area contributed by atoms with Crippen molar-refractivity contribution in [2.75, 3.05) is 24.6 Å². The maximum atomic E-state index is 12.6. The second kappa shape index (κ2) is 10.7. The summed E-state index contributed by atoms with van der Waals surface area (Å²) < 4.78 is 5.46. The van der Waals surface area contributed by atoms with E-state index in [2.05, 4.69) is 20.2 Å². The molecular weight excluding hydrogens is 518 g/mol. The van der Waals surface area contributed by atoms with Gasteiger partial charge in [0.05, 0.1) is 33.2 Å². The van der Waals surface area contributed by atoms with Crippen molar-refractivity contribution in [2.24, 2.45) is 11.8 Å². The Bertz CT molecular complexity index is 1280. The van der Waals surface area contributed by atoms with Crippen LogP contribution in [0, 0.1) is 18.8 Å². The number of carbonyl (C=O) groups excluding carboxylic acids is 2. The molecule has 0 radical (unpaired) electrons. The number of carboxylic acids is 1. The number of H-pyrrole nitrogens is 1. The summed E-state index contributed by atoms with van der Waals surface area (Å²) in [6, 6.07) is 7.59. The molecule has 1 saturated carbocycles. The maximum absolute atomic E-state index is 12.6. The number of carbonyl (C=O) groups is 2. The number of rotatable bonds is 8. The second-order valence-corrected chi connectivity index (χ2v) is 10.5. The van der Waals surface area contributed by atoms with Crippen LogP contribution in [0.25, 0.3) is 0 Å². The predicted octanol–water partition coefficient (Wildman–Crippen LogP) is 0.308. The van der Waals surface area contributed by atoms with Gasteiger partial charge in [-0.05, 0) is 31.5 Å². The van der Waals surface area contributed by atoms with Gasteiger partial charge in [-0.25, -0.2) is 4.98 Å². The van der Waals surface area contributed by atoms with E-state index in [9.17, 15) is 14.7 Å². The third-order valence-electron chi connectivity index (χ3n) is 6.52. The summed E-state index contributed by atoms with van der Waals surface area (Å²) in [5.41, 5.74) is 2.36. The van der Waals surface area contributed by atoms with Crippen molar-refractivity contribution in [3.05, 3.63) is 61.8 Å². The number of carboxylic acid groups (broad SMARTS) is 1. The van der Waals surface area contributed by atoms with E-state index in [0.717, 1.165) is 22.6 Å². The van der Waals surface area contributed by atoms with Crippen LogP contribution in [-0.2, 0) is 6.42 Å². The smallest absolute Gasteiger partial charge is 0.544 e. The Morgan fingerprint density at radius 2 is 1.89 bits per heavy atom. The normalized spacial score (nSPS) is 20.0. The Balaban J connectivity index is 0.00000304. The number of nitrogens with one attached hydrogen (secondary N) is 2. The van der Waals surface area contributed by atoms with Crippen LogP contribution in [0.1, 0.15) is 44.0 Å². The van der Waals surface area contributed by atoms with Crippen molar-refractivity contribution < 1.29 is 38.3 Å². The first-order chi connectivity index (χ1) is 16.8. The number of benzene rings is 1. The van der Waals surface area contributed by atoms with Gasteiger partial charge in [-0.3, -0.25) is 4.79 Å². The number of ether oxygens (including phenoxy) is 1. The zero-order valence-electron chi connectivity index (χ0n) is 20.1. The van der Waals surface area contributed by atoms with Gasteiger partial charge in [0.1, 0.15) is 11.4 Å². The number of aryl methyl sites for hydroxylation is 1. The fraction of sp³-hybridized carbons (Fsp3) is 0.375. The molecule has 8 nitrogen and oxygen atoms in total. The predicted molar refractivity (Wildman–Crippen MR) is 133 cm³/mol. The molecule has 12 heteroatoms. The third kappa shape index (κ3) is 5.13. The minimum absolute atomic E-state index is 0. The molecule has 3 heterocycles. The Kier molecular flexibility index (Phi) is 7.98. The van der Waals surface area contributed by atoms with Crippen LogP contribution >= 0.6 is 34.5 Å². The van der Waals surface area contributed by atoms with E-state index < -0.39 is 5.97 Å². The van der Waals surface area contributed by atoms with Gasteiger partial charge in [0.2, 0.25) is 0 Å². The van der Waals surface area contributed by atoms with Gasteiger partial charge in [0, 0.05) is 43.1 Å². The van der Waals surface area contributed by atoms with E-state index in [-0.39, 0.29) is 58.2 Å². The third-order valence-corrected chi connectivity index (χ3v) is 8.61. The number of hydrogen-bond donors (Lipinski definition) is 2. The number of piperidine rings is 1. The Morgan fingerprint density at radius 1 is 1.22 bits per heavy atom. The monoisotopic (exact) mass is 540 g/mol. The molecule has 2 aliphatic rings. The molecule has 1 aliphatic heterocycles. The topological polar surface area (TPSA) is 110 Å². The average molecular weight is 541 g/mol. The number of nitrogens with zero attached hydrogens (tertiary/aromatic N) is 2. The second-order valence-electron chi connectivity index (χ2n) is 8.80. The van der Waals surface area contributed by atoms with Gasteiger partial charge in [-0.15, -0.1) is 0 Å². The molecule has 2 aromatic heterocycles. The first-order valence-corrected chi connectivity index (χ1v) is 12.9. The van der Waals surface area contributed by atoms with Crippen molar-refractivity contribution in [3.63, 3.8) is 0 Å². The minimum atomic E-state index is -1.22. The molecule has 36 heavy (non-hydrogen) atoms. The molecule has 2 N–H and O–H groups in total. The number of aromatic nitrogens is 2. The standard InChI is InChI=1S/C24H24Cl2N4O4S.Li/c1-3-34-13-6-4-12(5-7-13)8-16-21(23(32)33)35-24(28-16)30-9-14-15(10-30)19(14)29-22(31)20-18(26)17(25)11(2)27-20;/h4-7,14-15,19,27H,3,8-10H2,1-2H3,(H,29,31)(H,32,33);/q;+1/p-1/t14-,15+,19?;. The zero-order valence-corrected chi connectivity index (χ0v) is 22.4. The largest absolute Gasteiger partial charge is 1.00 e. The Labute approximate surface area is 234 Å². The molecule has 1 aliphatic carbocycles. The van der Waals surface area contributed by atoms with Crippen molar-refractivity contribution in [1.29, 1.82) is 0 Å². The van der Waals surface area contributed by atoms with Crippen LogP contribution in [0.3, 0.4) is 0 Å². The van der Waals surface area contributed by atoms with E-state index >= 15 is 0 Å². The fourth-order valence-electron chi connectivity index (χ4n) is 4.67. The molecule has 0 spiro atoms. The Morgan fingerprint density at radius 3 is 2.44 bits per heavy atom. The summed E-state index contributed by atoms with van der Waals surface area (Å²) in [5.74, 6) is -0.184. The zero-order chi connectivity index (χ0) is 24.9. The summed E-state index contributed by atoms with van der Waals surface area (Å²) in [5, 5.41) is 16.0. The van der Waals surface area contributed by atoms with E-state index in [4.69, 9.17) is 27.9 Å². The number of hydrogen-bond acceptors (Lipinski definition) is 7. The first kappa shape index (κ1) is 26.9. The average Bonchev–Trinajstić information content (AvgIpc) is 3.20. The van der Waals surface area contributed by atoms with Gasteiger partial charge >= 0.3 is 18.9 Å². The number of halogens is 2. The van der Waals surface area contributed by atoms with Gasteiger partial charge in [0.15, 0.2) is 5.13 Å². The van der Waals surface area contributed by atoms with Crippen LogP contribution < -0.4 is 38.9 Å². The number of aromatic carboxylic acids is 1. The summed E-state index contributed by atoms with van der Waals surface area (Å²) in [4.78, 5) is 34.2. The molecule has 184 valence electrons. The maximum Gasteiger partial charge on any atom is 1.00 e. The van der Waals surface area contributed by atoms with Gasteiger partial charge < -0.3 is 29.8 Å². The molecule has 3 atom stereocenters. The van der Waals surface area contributed by atoms with Crippen molar-refractivity contribution in [2.45, 2.75) is 26.3 Å². The van der Waals surface area contributed by atoms with Crippen LogP contribution in [0.15, 0.2) is 24.3 Å². The number of thiazole rings is 1. The van der Waals surface area contributed by atoms with Crippen LogP contribution in [-0.4, -0.2) is 47.6 Å². The molecule has 5 rings (SSSR count). The van der Waals surface area contributed by atoms with Crippen molar-refractivity contribution in [3.8, 4) is 5.75 Å². The fourth-order valence-corrected chi connectivity index (χ4v) is 6.02. The summed E-state index contributed by atoms with van der Waals surface area (Å²) in [7, 11) is 0. The molecule has 1 unspecified atom stereocenters. The van der Waals surface area contributed by atoms with Gasteiger partial charge in [-0.2, -0.15) is 0 Å². The SMILES string of the molecule is CCOc1ccc(Cc2nc(N3C[C@@H]4C(NC(=O)c5[nH]c(C)c(Cl)c5Cl)[C@@H]4C3)sc2C(=O)[O-])cc1.[Li+]. The summed E-state index contributed by atoms with van der Waals surface area (Å²) >= 11 is 13.4. The van der Waals surface area contributed by atoms with Gasteiger partial charge in [-0.1, -0.05) is 46.7 Å². The number of anilines is 1. The van der Waals surface area contributed by atoms with E-state index in [0.29, 0.717) is 47.7 Å². The molecule has 1 aromatic carbocycles. The molecule has 3 aromatic rings. The van der Waals surface area contributed by atoms with Crippen molar-refractivity contribution >= 4 is 51.5 Å². The number of aromatic amines is 1.